The Morgan fingerprint density at radius 1 is 1.03 bits per heavy atom. The van der Waals surface area contributed by atoms with Crippen molar-refractivity contribution < 1.29 is 18.0 Å². The van der Waals surface area contributed by atoms with Gasteiger partial charge in [0, 0.05) is 56.0 Å². The first-order valence-electron chi connectivity index (χ1n) is 13.1. The number of nitrogens with zero attached hydrogens (tertiary/aromatic N) is 6. The van der Waals surface area contributed by atoms with Crippen LogP contribution in [0.25, 0.3) is 11.4 Å². The maximum atomic E-state index is 13.0. The number of carbonyl (C=O) groups is 2. The molecule has 1 atom stereocenters. The van der Waals surface area contributed by atoms with Crippen LogP contribution in [-0.2, 0) is 14.8 Å². The van der Waals surface area contributed by atoms with Crippen molar-refractivity contribution in [2.45, 2.75) is 38.3 Å². The normalized spacial score (nSPS) is 20.1. The molecule has 206 valence electrons. The zero-order valence-electron chi connectivity index (χ0n) is 21.9. The molecule has 2 amide bonds. The highest BCUT2D eigenvalue weighted by Gasteiger charge is 2.39. The summed E-state index contributed by atoms with van der Waals surface area (Å²) in [6.45, 7) is 6.09. The van der Waals surface area contributed by atoms with Crippen LogP contribution in [0.15, 0.2) is 35.8 Å². The smallest absolute Gasteiger partial charge is 0.256 e. The van der Waals surface area contributed by atoms with E-state index in [0.717, 1.165) is 54.0 Å². The molecule has 2 saturated heterocycles. The molecule has 2 aliphatic heterocycles. The fourth-order valence-corrected chi connectivity index (χ4v) is 6.82. The summed E-state index contributed by atoms with van der Waals surface area (Å²) in [5.74, 6) is 0.251. The van der Waals surface area contributed by atoms with Gasteiger partial charge in [-0.1, -0.05) is 6.07 Å². The lowest BCUT2D eigenvalue weighted by Gasteiger charge is -2.39. The molecular formula is C26H31N7O4S2. The lowest BCUT2D eigenvalue weighted by molar-refractivity contribution is -0.123. The van der Waals surface area contributed by atoms with E-state index in [-0.39, 0.29) is 17.4 Å². The topological polar surface area (TPSA) is 121 Å². The third kappa shape index (κ3) is 5.30. The number of rotatable bonds is 7. The molecule has 0 aromatic carbocycles. The molecule has 39 heavy (non-hydrogen) atoms. The van der Waals surface area contributed by atoms with Crippen molar-refractivity contribution >= 4 is 44.1 Å². The molecule has 3 aromatic rings. The summed E-state index contributed by atoms with van der Waals surface area (Å²) in [6, 6.07) is 7.60. The minimum absolute atomic E-state index is 0.242. The van der Waals surface area contributed by atoms with E-state index in [9.17, 15) is 18.0 Å². The van der Waals surface area contributed by atoms with Crippen LogP contribution in [0.3, 0.4) is 0 Å². The van der Waals surface area contributed by atoms with Gasteiger partial charge in [-0.15, -0.1) is 11.3 Å². The van der Waals surface area contributed by atoms with Gasteiger partial charge in [0.25, 0.3) is 5.91 Å². The molecule has 3 aliphatic rings. The van der Waals surface area contributed by atoms with E-state index >= 15 is 0 Å². The summed E-state index contributed by atoms with van der Waals surface area (Å²) in [7, 11) is -3.51. The van der Waals surface area contributed by atoms with Crippen LogP contribution in [0.1, 0.15) is 35.3 Å². The van der Waals surface area contributed by atoms with Crippen molar-refractivity contribution in [1.29, 1.82) is 0 Å². The number of aryl methyl sites for hydroxylation is 1. The Bertz CT molecular complexity index is 1520. The third-order valence-corrected chi connectivity index (χ3v) is 9.45. The van der Waals surface area contributed by atoms with Crippen LogP contribution < -0.4 is 10.2 Å². The molecular weight excluding hydrogens is 538 g/mol. The van der Waals surface area contributed by atoms with Gasteiger partial charge < -0.3 is 15.1 Å². The Balaban J connectivity index is 1.09. The number of anilines is 2. The Hall–Kier alpha value is -3.29. The van der Waals surface area contributed by atoms with Crippen molar-refractivity contribution in [3.05, 3.63) is 47.1 Å². The summed E-state index contributed by atoms with van der Waals surface area (Å²) in [5.41, 5.74) is 2.12. The van der Waals surface area contributed by atoms with E-state index < -0.39 is 16.1 Å². The van der Waals surface area contributed by atoms with Crippen molar-refractivity contribution in [1.82, 2.24) is 23.7 Å². The summed E-state index contributed by atoms with van der Waals surface area (Å²) in [4.78, 5) is 41.8. The average Bonchev–Trinajstić information content (AvgIpc) is 3.50. The number of aromatic nitrogens is 3. The van der Waals surface area contributed by atoms with E-state index in [1.54, 1.807) is 6.92 Å². The molecule has 5 heterocycles. The lowest BCUT2D eigenvalue weighted by Crippen LogP contribution is -2.56. The molecule has 0 spiro atoms. The van der Waals surface area contributed by atoms with Crippen LogP contribution in [0.5, 0.6) is 0 Å². The van der Waals surface area contributed by atoms with Crippen LogP contribution in [0.4, 0.5) is 10.9 Å². The van der Waals surface area contributed by atoms with Gasteiger partial charge in [0.15, 0.2) is 5.13 Å². The van der Waals surface area contributed by atoms with Crippen LogP contribution >= 0.6 is 11.3 Å². The van der Waals surface area contributed by atoms with Gasteiger partial charge in [-0.3, -0.25) is 14.5 Å². The fourth-order valence-electron chi connectivity index (χ4n) is 5.23. The molecule has 13 heteroatoms. The molecule has 1 N–H and O–H groups in total. The average molecular weight is 570 g/mol. The van der Waals surface area contributed by atoms with Crippen molar-refractivity contribution in [3.63, 3.8) is 0 Å². The maximum Gasteiger partial charge on any atom is 0.256 e. The van der Waals surface area contributed by atoms with Gasteiger partial charge in [0.05, 0.1) is 17.5 Å². The second kappa shape index (κ2) is 10.0. The SMILES string of the molecule is Cc1cc(C(=O)N2CC[C@H]2C(=O)Nc2nc(-c3cccc(N4CCN(C5CC5)CC4)n3)cs2)cn1S(C)(=O)=O. The molecule has 11 nitrogen and oxygen atoms in total. The number of carbonyl (C=O) groups excluding carboxylic acids is 2. The van der Waals surface area contributed by atoms with Crippen LogP contribution in [-0.4, -0.2) is 95.0 Å². The number of likely N-dealkylation sites (tertiary alicyclic amines) is 1. The highest BCUT2D eigenvalue weighted by molar-refractivity contribution is 7.89. The summed E-state index contributed by atoms with van der Waals surface area (Å²) in [6.07, 6.45) is 5.56. The number of piperazine rings is 1. The van der Waals surface area contributed by atoms with Crippen LogP contribution in [0.2, 0.25) is 0 Å². The number of thiazole rings is 1. The van der Waals surface area contributed by atoms with Gasteiger partial charge in [-0.05, 0) is 44.4 Å². The summed E-state index contributed by atoms with van der Waals surface area (Å²) < 4.78 is 24.9. The minimum atomic E-state index is -3.51. The highest BCUT2D eigenvalue weighted by atomic mass is 32.2. The van der Waals surface area contributed by atoms with Gasteiger partial charge in [-0.2, -0.15) is 0 Å². The number of pyridine rings is 1. The van der Waals surface area contributed by atoms with E-state index in [1.807, 2.05) is 23.6 Å². The number of hydrogen-bond donors (Lipinski definition) is 1. The van der Waals surface area contributed by atoms with Crippen molar-refractivity contribution in [3.8, 4) is 11.4 Å². The van der Waals surface area contributed by atoms with Crippen molar-refractivity contribution in [2.75, 3.05) is 49.2 Å². The summed E-state index contributed by atoms with van der Waals surface area (Å²) in [5, 5.41) is 5.15. The largest absolute Gasteiger partial charge is 0.354 e. The van der Waals surface area contributed by atoms with E-state index in [4.69, 9.17) is 4.98 Å². The monoisotopic (exact) mass is 569 g/mol. The molecule has 1 aliphatic carbocycles. The van der Waals surface area contributed by atoms with Crippen molar-refractivity contribution in [2.24, 2.45) is 0 Å². The molecule has 3 fully saturated rings. The zero-order chi connectivity index (χ0) is 27.3. The maximum absolute atomic E-state index is 13.0. The first kappa shape index (κ1) is 26.0. The molecule has 3 aromatic heterocycles. The standard InChI is InChI=1S/C26H31N7O4S2/c1-17-14-18(15-33(17)39(2,36)37)25(35)32-9-8-22(32)24(34)29-26-28-21(16-38-26)20-4-3-5-23(27-20)31-12-10-30(11-13-31)19-6-7-19/h3-5,14-16,19,22H,6-13H2,1-2H3,(H,28,29,34)/t22-/m0/s1. The Morgan fingerprint density at radius 3 is 2.44 bits per heavy atom. The first-order chi connectivity index (χ1) is 18.7. The highest BCUT2D eigenvalue weighted by Crippen LogP contribution is 2.30. The van der Waals surface area contributed by atoms with Gasteiger partial charge >= 0.3 is 0 Å². The fraction of sp³-hybridized carbons (Fsp3) is 0.462. The zero-order valence-corrected chi connectivity index (χ0v) is 23.5. The second-order valence-corrected chi connectivity index (χ2v) is 13.1. The van der Waals surface area contributed by atoms with Gasteiger partial charge in [0.1, 0.15) is 17.6 Å². The summed E-state index contributed by atoms with van der Waals surface area (Å²) >= 11 is 1.31. The number of nitrogens with one attached hydrogen (secondary N) is 1. The number of amides is 2. The van der Waals surface area contributed by atoms with E-state index in [0.29, 0.717) is 29.5 Å². The molecule has 1 saturated carbocycles. The Morgan fingerprint density at radius 2 is 1.79 bits per heavy atom. The molecule has 0 radical (unpaired) electrons. The molecule has 0 unspecified atom stereocenters. The lowest BCUT2D eigenvalue weighted by atomic mass is 10.0. The van der Waals surface area contributed by atoms with E-state index in [1.165, 1.54) is 41.3 Å². The number of hydrogen-bond acceptors (Lipinski definition) is 9. The van der Waals surface area contributed by atoms with Crippen LogP contribution in [0, 0.1) is 6.92 Å². The Kier molecular flexibility index (Phi) is 6.68. The second-order valence-electron chi connectivity index (χ2n) is 10.4. The quantitative estimate of drug-likeness (QED) is 0.460. The van der Waals surface area contributed by atoms with Gasteiger partial charge in [-0.25, -0.2) is 22.4 Å². The van der Waals surface area contributed by atoms with Gasteiger partial charge in [0.2, 0.25) is 15.9 Å². The Labute approximate surface area is 231 Å². The predicted octanol–water partition coefficient (Wildman–Crippen LogP) is 2.26. The first-order valence-corrected chi connectivity index (χ1v) is 15.8. The molecule has 0 bridgehead atoms. The predicted molar refractivity (Wildman–Crippen MR) is 150 cm³/mol. The van der Waals surface area contributed by atoms with E-state index in [2.05, 4.69) is 20.1 Å². The third-order valence-electron chi connectivity index (χ3n) is 7.59. The molecule has 6 rings (SSSR count). The minimum Gasteiger partial charge on any atom is -0.354 e.